The van der Waals surface area contributed by atoms with Crippen molar-refractivity contribution in [3.05, 3.63) is 36.9 Å². The Kier molecular flexibility index (Phi) is 3.56. The first kappa shape index (κ1) is 11.3. The second-order valence-corrected chi connectivity index (χ2v) is 5.85. The Hall–Kier alpha value is -0.230. The number of aromatic nitrogens is 1. The van der Waals surface area contributed by atoms with Crippen LogP contribution in [0, 0.1) is 6.92 Å². The third-order valence-corrected chi connectivity index (χ3v) is 4.72. The molecule has 0 aliphatic heterocycles. The predicted molar refractivity (Wildman–Crippen MR) is 69.8 cm³/mol. The van der Waals surface area contributed by atoms with Gasteiger partial charge in [0.25, 0.3) is 0 Å². The zero-order chi connectivity index (χ0) is 10.8. The Balaban J connectivity index is 2.36. The van der Waals surface area contributed by atoms with Crippen LogP contribution in [0.25, 0.3) is 0 Å². The summed E-state index contributed by atoms with van der Waals surface area (Å²) in [5.41, 5.74) is 2.35. The highest BCUT2D eigenvalue weighted by atomic mass is 79.9. The van der Waals surface area contributed by atoms with Crippen LogP contribution < -0.4 is 5.32 Å². The van der Waals surface area contributed by atoms with Crippen LogP contribution in [0.2, 0.25) is 0 Å². The van der Waals surface area contributed by atoms with Crippen LogP contribution >= 0.6 is 38.6 Å². The van der Waals surface area contributed by atoms with Gasteiger partial charge in [0.2, 0.25) is 0 Å². The average molecular weight is 303 g/mol. The first-order valence-electron chi connectivity index (χ1n) is 4.53. The summed E-state index contributed by atoms with van der Waals surface area (Å²) < 4.78 is 1.15. The van der Waals surface area contributed by atoms with Crippen molar-refractivity contribution in [3.63, 3.8) is 0 Å². The van der Waals surface area contributed by atoms with E-state index in [9.17, 15) is 0 Å². The Labute approximate surface area is 106 Å². The SMILES string of the molecule is CNC(c1csc(C)n1)c1cscc1Br. The van der Waals surface area contributed by atoms with Crippen molar-refractivity contribution < 1.29 is 0 Å². The number of nitrogens with zero attached hydrogens (tertiary/aromatic N) is 1. The molecule has 5 heteroatoms. The number of rotatable bonds is 3. The number of hydrogen-bond donors (Lipinski definition) is 1. The maximum Gasteiger partial charge on any atom is 0.0898 e. The van der Waals surface area contributed by atoms with Crippen LogP contribution in [-0.4, -0.2) is 12.0 Å². The van der Waals surface area contributed by atoms with E-state index in [0.717, 1.165) is 15.2 Å². The third-order valence-electron chi connectivity index (χ3n) is 2.17. The van der Waals surface area contributed by atoms with Crippen LogP contribution in [0.1, 0.15) is 22.3 Å². The van der Waals surface area contributed by atoms with Gasteiger partial charge in [-0.15, -0.1) is 11.3 Å². The Morgan fingerprint density at radius 2 is 2.20 bits per heavy atom. The second-order valence-electron chi connectivity index (χ2n) is 3.19. The molecule has 1 unspecified atom stereocenters. The number of aryl methyl sites for hydroxylation is 1. The van der Waals surface area contributed by atoms with Crippen molar-refractivity contribution in [2.45, 2.75) is 13.0 Å². The van der Waals surface area contributed by atoms with Gasteiger partial charge in [0, 0.05) is 20.8 Å². The van der Waals surface area contributed by atoms with Gasteiger partial charge in [-0.25, -0.2) is 4.98 Å². The molecule has 0 aliphatic rings. The summed E-state index contributed by atoms with van der Waals surface area (Å²) in [6, 6.07) is 0.190. The molecule has 1 atom stereocenters. The quantitative estimate of drug-likeness (QED) is 0.937. The highest BCUT2D eigenvalue weighted by Gasteiger charge is 2.17. The van der Waals surface area contributed by atoms with Gasteiger partial charge >= 0.3 is 0 Å². The minimum absolute atomic E-state index is 0.190. The fraction of sp³-hybridized carbons (Fsp3) is 0.300. The van der Waals surface area contributed by atoms with Gasteiger partial charge in [-0.1, -0.05) is 0 Å². The van der Waals surface area contributed by atoms with E-state index < -0.39 is 0 Å². The molecule has 0 aromatic carbocycles. The summed E-state index contributed by atoms with van der Waals surface area (Å²) in [6.45, 7) is 2.03. The van der Waals surface area contributed by atoms with Crippen LogP contribution in [-0.2, 0) is 0 Å². The molecule has 0 saturated carbocycles. The molecule has 15 heavy (non-hydrogen) atoms. The Morgan fingerprint density at radius 1 is 1.40 bits per heavy atom. The van der Waals surface area contributed by atoms with E-state index in [4.69, 9.17) is 0 Å². The van der Waals surface area contributed by atoms with E-state index in [1.54, 1.807) is 22.7 Å². The highest BCUT2D eigenvalue weighted by molar-refractivity contribution is 9.10. The van der Waals surface area contributed by atoms with Crippen molar-refractivity contribution in [3.8, 4) is 0 Å². The molecule has 0 aliphatic carbocycles. The lowest BCUT2D eigenvalue weighted by Crippen LogP contribution is -2.17. The number of nitrogens with one attached hydrogen (secondary N) is 1. The van der Waals surface area contributed by atoms with Gasteiger partial charge in [-0.05, 0) is 35.3 Å². The average Bonchev–Trinajstić information content (AvgIpc) is 2.79. The van der Waals surface area contributed by atoms with Crippen molar-refractivity contribution in [2.24, 2.45) is 0 Å². The number of halogens is 1. The predicted octanol–water partition coefficient (Wildman–Crippen LogP) is 3.58. The molecule has 1 N–H and O–H groups in total. The smallest absolute Gasteiger partial charge is 0.0898 e. The molecule has 0 saturated heterocycles. The van der Waals surface area contributed by atoms with Gasteiger partial charge in [0.1, 0.15) is 0 Å². The molecule has 2 aromatic heterocycles. The van der Waals surface area contributed by atoms with Gasteiger partial charge < -0.3 is 5.32 Å². The lowest BCUT2D eigenvalue weighted by atomic mass is 10.1. The van der Waals surface area contributed by atoms with Crippen molar-refractivity contribution >= 4 is 38.6 Å². The minimum atomic E-state index is 0.190. The molecule has 2 rings (SSSR count). The number of hydrogen-bond acceptors (Lipinski definition) is 4. The largest absolute Gasteiger partial charge is 0.308 e. The molecule has 2 heterocycles. The summed E-state index contributed by atoms with van der Waals surface area (Å²) >= 11 is 6.95. The number of thiazole rings is 1. The summed E-state index contributed by atoms with van der Waals surface area (Å²) in [6.07, 6.45) is 0. The standard InChI is InChI=1S/C10H11BrN2S2/c1-6-13-9(5-15-6)10(12-2)7-3-14-4-8(7)11/h3-5,10,12H,1-2H3. The van der Waals surface area contributed by atoms with E-state index in [-0.39, 0.29) is 6.04 Å². The maximum atomic E-state index is 4.52. The minimum Gasteiger partial charge on any atom is -0.308 e. The van der Waals surface area contributed by atoms with Crippen LogP contribution in [0.4, 0.5) is 0 Å². The normalized spacial score (nSPS) is 13.0. The molecule has 80 valence electrons. The first-order chi connectivity index (χ1) is 7.22. The van der Waals surface area contributed by atoms with Gasteiger partial charge in [0.05, 0.1) is 16.7 Å². The van der Waals surface area contributed by atoms with Gasteiger partial charge in [-0.2, -0.15) is 11.3 Å². The highest BCUT2D eigenvalue weighted by Crippen LogP contribution is 2.31. The lowest BCUT2D eigenvalue weighted by Gasteiger charge is -2.12. The zero-order valence-electron chi connectivity index (χ0n) is 8.45. The van der Waals surface area contributed by atoms with Crippen molar-refractivity contribution in [2.75, 3.05) is 7.05 Å². The maximum absolute atomic E-state index is 4.52. The molecule has 0 amide bonds. The zero-order valence-corrected chi connectivity index (χ0v) is 11.7. The first-order valence-corrected chi connectivity index (χ1v) is 7.14. The van der Waals surface area contributed by atoms with Crippen LogP contribution in [0.15, 0.2) is 20.6 Å². The van der Waals surface area contributed by atoms with E-state index >= 15 is 0 Å². The molecule has 0 bridgehead atoms. The molecule has 0 fully saturated rings. The lowest BCUT2D eigenvalue weighted by molar-refractivity contribution is 0.674. The third kappa shape index (κ3) is 2.30. The molecule has 0 radical (unpaired) electrons. The van der Waals surface area contributed by atoms with E-state index in [0.29, 0.717) is 0 Å². The van der Waals surface area contributed by atoms with Gasteiger partial charge in [0.15, 0.2) is 0 Å². The fourth-order valence-corrected chi connectivity index (χ4v) is 3.66. The summed E-state index contributed by atoms with van der Waals surface area (Å²) in [7, 11) is 1.96. The van der Waals surface area contributed by atoms with E-state index in [1.165, 1.54) is 5.56 Å². The molecular formula is C10H11BrN2S2. The summed E-state index contributed by atoms with van der Waals surface area (Å²) in [5, 5.41) is 10.8. The monoisotopic (exact) mass is 302 g/mol. The van der Waals surface area contributed by atoms with Crippen molar-refractivity contribution in [1.82, 2.24) is 10.3 Å². The Morgan fingerprint density at radius 3 is 2.67 bits per heavy atom. The van der Waals surface area contributed by atoms with Gasteiger partial charge in [-0.3, -0.25) is 0 Å². The Bertz CT molecular complexity index is 450. The van der Waals surface area contributed by atoms with E-state index in [2.05, 4.69) is 42.4 Å². The fourth-order valence-electron chi connectivity index (χ4n) is 1.47. The van der Waals surface area contributed by atoms with Crippen molar-refractivity contribution in [1.29, 1.82) is 0 Å². The topological polar surface area (TPSA) is 24.9 Å². The van der Waals surface area contributed by atoms with E-state index in [1.807, 2.05) is 14.0 Å². The molecular weight excluding hydrogens is 292 g/mol. The summed E-state index contributed by atoms with van der Waals surface area (Å²) in [4.78, 5) is 4.52. The van der Waals surface area contributed by atoms with Crippen LogP contribution in [0.3, 0.4) is 0 Å². The second kappa shape index (κ2) is 4.74. The molecule has 2 aromatic rings. The molecule has 0 spiro atoms. The summed E-state index contributed by atoms with van der Waals surface area (Å²) in [5.74, 6) is 0. The van der Waals surface area contributed by atoms with Crippen LogP contribution in [0.5, 0.6) is 0 Å². The number of thiophene rings is 1. The molecule has 2 nitrogen and oxygen atoms in total.